The summed E-state index contributed by atoms with van der Waals surface area (Å²) in [6.07, 6.45) is 8.77. The van der Waals surface area contributed by atoms with Crippen LogP contribution >= 0.6 is 11.3 Å². The van der Waals surface area contributed by atoms with Crippen LogP contribution in [0, 0.1) is 12.8 Å². The van der Waals surface area contributed by atoms with Crippen LogP contribution in [0.2, 0.25) is 0 Å². The first-order valence-corrected chi connectivity index (χ1v) is 11.2. The molecular weight excluding hydrogens is 354 g/mol. The number of benzene rings is 1. The fraction of sp³-hybridized carbons (Fsp3) is 0.545. The van der Waals surface area contributed by atoms with Crippen LogP contribution in [0.25, 0.3) is 0 Å². The molecule has 2 aromatic rings. The van der Waals surface area contributed by atoms with E-state index in [0.717, 1.165) is 29.2 Å². The molecule has 4 nitrogen and oxygen atoms in total. The van der Waals surface area contributed by atoms with Crippen molar-refractivity contribution in [2.75, 3.05) is 11.9 Å². The average Bonchev–Trinajstić information content (AvgIpc) is 3.10. The number of carbonyl (C=O) groups is 1. The van der Waals surface area contributed by atoms with Gasteiger partial charge < -0.3 is 10.2 Å². The van der Waals surface area contributed by atoms with Gasteiger partial charge in [0.05, 0.1) is 19.0 Å². The van der Waals surface area contributed by atoms with Gasteiger partial charge in [-0.1, -0.05) is 24.1 Å². The summed E-state index contributed by atoms with van der Waals surface area (Å²) in [7, 11) is 0. The number of aromatic nitrogens is 1. The van der Waals surface area contributed by atoms with Crippen LogP contribution in [-0.2, 0) is 17.8 Å². The maximum atomic E-state index is 12.3. The van der Waals surface area contributed by atoms with E-state index in [1.54, 1.807) is 16.2 Å². The molecule has 1 unspecified atom stereocenters. The average molecular weight is 385 g/mol. The molecule has 3 atom stereocenters. The van der Waals surface area contributed by atoms with Crippen molar-refractivity contribution in [1.29, 1.82) is 0 Å². The predicted molar refractivity (Wildman–Crippen MR) is 110 cm³/mol. The van der Waals surface area contributed by atoms with Gasteiger partial charge in [0.1, 0.15) is 17.2 Å². The van der Waals surface area contributed by atoms with E-state index in [-0.39, 0.29) is 5.91 Å². The van der Waals surface area contributed by atoms with E-state index in [4.69, 9.17) is 4.98 Å². The van der Waals surface area contributed by atoms with Gasteiger partial charge in [0.2, 0.25) is 5.91 Å². The van der Waals surface area contributed by atoms with E-state index >= 15 is 0 Å². The van der Waals surface area contributed by atoms with Gasteiger partial charge in [-0.25, -0.2) is 4.98 Å². The van der Waals surface area contributed by atoms with Crippen molar-refractivity contribution >= 4 is 22.9 Å². The zero-order valence-electron chi connectivity index (χ0n) is 16.2. The molecule has 4 rings (SSSR count). The van der Waals surface area contributed by atoms with Crippen molar-refractivity contribution in [2.24, 2.45) is 5.92 Å². The number of carbonyl (C=O) groups excluding carboxylic acids is 1. The number of rotatable bonds is 5. The lowest BCUT2D eigenvalue weighted by Crippen LogP contribution is -3.16. The van der Waals surface area contributed by atoms with E-state index in [0.29, 0.717) is 6.42 Å². The Hall–Kier alpha value is -1.72. The second kappa shape index (κ2) is 8.53. The van der Waals surface area contributed by atoms with Crippen LogP contribution in [0.4, 0.5) is 5.69 Å². The molecule has 1 aliphatic carbocycles. The van der Waals surface area contributed by atoms with Gasteiger partial charge in [0.15, 0.2) is 0 Å². The highest BCUT2D eigenvalue weighted by Crippen LogP contribution is 2.28. The molecule has 1 saturated carbocycles. The van der Waals surface area contributed by atoms with Crippen LogP contribution in [-0.4, -0.2) is 23.5 Å². The third-order valence-electron chi connectivity index (χ3n) is 6.16. The molecule has 27 heavy (non-hydrogen) atoms. The van der Waals surface area contributed by atoms with Crippen molar-refractivity contribution in [3.05, 3.63) is 45.9 Å². The summed E-state index contributed by atoms with van der Waals surface area (Å²) < 4.78 is 0. The molecule has 1 amide bonds. The second-order valence-electron chi connectivity index (χ2n) is 8.20. The molecule has 1 aromatic heterocycles. The molecule has 2 heterocycles. The Morgan fingerprint density at radius 3 is 2.81 bits per heavy atom. The number of hydrogen-bond donors (Lipinski definition) is 2. The van der Waals surface area contributed by atoms with Crippen molar-refractivity contribution in [1.82, 2.24) is 4.98 Å². The highest BCUT2D eigenvalue weighted by atomic mass is 32.1. The highest BCUT2D eigenvalue weighted by molar-refractivity contribution is 7.09. The van der Waals surface area contributed by atoms with Crippen LogP contribution < -0.4 is 10.2 Å². The number of quaternary nitrogens is 1. The first-order valence-electron chi connectivity index (χ1n) is 10.3. The van der Waals surface area contributed by atoms with Crippen molar-refractivity contribution < 1.29 is 9.69 Å². The number of anilines is 1. The predicted octanol–water partition coefficient (Wildman–Crippen LogP) is 3.37. The van der Waals surface area contributed by atoms with E-state index in [1.165, 1.54) is 56.3 Å². The Morgan fingerprint density at radius 2 is 1.96 bits per heavy atom. The van der Waals surface area contributed by atoms with Gasteiger partial charge >= 0.3 is 0 Å². The van der Waals surface area contributed by atoms with Gasteiger partial charge in [0.25, 0.3) is 0 Å². The quantitative estimate of drug-likeness (QED) is 0.830. The van der Waals surface area contributed by atoms with Gasteiger partial charge in [-0.05, 0) is 51.2 Å². The minimum absolute atomic E-state index is 0.0115. The monoisotopic (exact) mass is 384 g/mol. The van der Waals surface area contributed by atoms with Crippen LogP contribution in [0.1, 0.15) is 54.8 Å². The van der Waals surface area contributed by atoms with Gasteiger partial charge in [0, 0.05) is 17.0 Å². The number of likely N-dealkylation sites (tertiary alicyclic amines) is 1. The van der Waals surface area contributed by atoms with Crippen molar-refractivity contribution in [2.45, 2.75) is 64.5 Å². The summed E-state index contributed by atoms with van der Waals surface area (Å²) in [5.41, 5.74) is 3.21. The zero-order valence-corrected chi connectivity index (χ0v) is 17.0. The Labute approximate surface area is 166 Å². The number of nitrogens with zero attached hydrogens (tertiary/aromatic N) is 1. The summed E-state index contributed by atoms with van der Waals surface area (Å²) in [5, 5.41) is 6.05. The molecule has 2 fully saturated rings. The van der Waals surface area contributed by atoms with E-state index < -0.39 is 0 Å². The number of piperidine rings is 1. The topological polar surface area (TPSA) is 46.4 Å². The standard InChI is InChI=1S/C22H29N3OS/c1-16-8-10-18(11-9-16)23-21(26)13-22-24-19(15-27-22)14-25-12-4-6-17-5-2-3-7-20(17)25/h8-11,15,17,20H,2-7,12-14H2,1H3,(H,23,26)/p+1/t17-,20-/m0/s1. The third kappa shape index (κ3) is 4.77. The normalized spacial score (nSPS) is 25.0. The molecule has 144 valence electrons. The molecule has 1 aromatic carbocycles. The smallest absolute Gasteiger partial charge is 0.231 e. The van der Waals surface area contributed by atoms with E-state index in [1.807, 2.05) is 31.2 Å². The lowest BCUT2D eigenvalue weighted by Gasteiger charge is -2.40. The second-order valence-corrected chi connectivity index (χ2v) is 9.14. The molecule has 0 bridgehead atoms. The largest absolute Gasteiger partial charge is 0.327 e. The number of thiazole rings is 1. The Balaban J connectivity index is 1.32. The van der Waals surface area contributed by atoms with Crippen LogP contribution in [0.3, 0.4) is 0 Å². The molecule has 0 radical (unpaired) electrons. The Kier molecular flexibility index (Phi) is 5.89. The SMILES string of the molecule is Cc1ccc(NC(=O)Cc2nc(C[NH+]3CCC[C@@H]4CCCC[C@@H]43)cs2)cc1. The molecule has 0 spiro atoms. The van der Waals surface area contributed by atoms with Gasteiger partial charge in [-0.3, -0.25) is 4.79 Å². The lowest BCUT2D eigenvalue weighted by molar-refractivity contribution is -0.949. The van der Waals surface area contributed by atoms with Crippen LogP contribution in [0.15, 0.2) is 29.6 Å². The maximum Gasteiger partial charge on any atom is 0.231 e. The first-order chi connectivity index (χ1) is 13.2. The summed E-state index contributed by atoms with van der Waals surface area (Å²) in [4.78, 5) is 18.8. The summed E-state index contributed by atoms with van der Waals surface area (Å²) in [6, 6.07) is 8.75. The van der Waals surface area contributed by atoms with E-state index in [2.05, 4.69) is 10.7 Å². The van der Waals surface area contributed by atoms with Gasteiger partial charge in [-0.2, -0.15) is 0 Å². The number of hydrogen-bond acceptors (Lipinski definition) is 3. The molecule has 1 saturated heterocycles. The number of amides is 1. The fourth-order valence-corrected chi connectivity index (χ4v) is 5.60. The molecule has 2 aliphatic rings. The molecule has 2 N–H and O–H groups in total. The van der Waals surface area contributed by atoms with Crippen molar-refractivity contribution in [3.8, 4) is 0 Å². The highest BCUT2D eigenvalue weighted by Gasteiger charge is 2.36. The van der Waals surface area contributed by atoms with Gasteiger partial charge in [-0.15, -0.1) is 11.3 Å². The maximum absolute atomic E-state index is 12.3. The Morgan fingerprint density at radius 1 is 1.19 bits per heavy atom. The number of fused-ring (bicyclic) bond motifs is 1. The number of aryl methyl sites for hydroxylation is 1. The fourth-order valence-electron chi connectivity index (χ4n) is 4.81. The lowest BCUT2D eigenvalue weighted by atomic mass is 9.78. The summed E-state index contributed by atoms with van der Waals surface area (Å²) >= 11 is 1.62. The molecular formula is C22H30N3OS+. The first kappa shape index (κ1) is 18.6. The minimum Gasteiger partial charge on any atom is -0.327 e. The summed E-state index contributed by atoms with van der Waals surface area (Å²) in [6.45, 7) is 4.35. The Bertz CT molecular complexity index is 768. The minimum atomic E-state index is 0.0115. The molecule has 5 heteroatoms. The zero-order chi connectivity index (χ0) is 18.6. The van der Waals surface area contributed by atoms with Crippen molar-refractivity contribution in [3.63, 3.8) is 0 Å². The van der Waals surface area contributed by atoms with Crippen LogP contribution in [0.5, 0.6) is 0 Å². The summed E-state index contributed by atoms with van der Waals surface area (Å²) in [5.74, 6) is 0.943. The van der Waals surface area contributed by atoms with E-state index in [9.17, 15) is 4.79 Å². The molecule has 1 aliphatic heterocycles. The number of nitrogens with one attached hydrogen (secondary N) is 2. The third-order valence-corrected chi connectivity index (χ3v) is 7.06.